The summed E-state index contributed by atoms with van der Waals surface area (Å²) in [7, 11) is 0. The minimum Gasteiger partial charge on any atom is -0.489 e. The Balaban J connectivity index is 1.47. The van der Waals surface area contributed by atoms with Gasteiger partial charge in [0.25, 0.3) is 0 Å². The van der Waals surface area contributed by atoms with Crippen LogP contribution in [0.5, 0.6) is 17.2 Å². The first-order chi connectivity index (χ1) is 13.7. The highest BCUT2D eigenvalue weighted by Crippen LogP contribution is 2.38. The molecule has 4 rings (SSSR count). The Morgan fingerprint density at radius 3 is 2.96 bits per heavy atom. The Kier molecular flexibility index (Phi) is 5.20. The van der Waals surface area contributed by atoms with Gasteiger partial charge in [0.05, 0.1) is 23.9 Å². The Morgan fingerprint density at radius 2 is 2.11 bits per heavy atom. The molecule has 3 aromatic rings. The SMILES string of the molecule is O=C(/C=C/c1cc(Cl)c2c(c1)OCCCO2)Oc1cccc(-n2cnnn2)c1. The third-order valence-electron chi connectivity index (χ3n) is 3.89. The molecule has 0 aliphatic carbocycles. The van der Waals surface area contributed by atoms with Gasteiger partial charge in [-0.15, -0.1) is 5.10 Å². The van der Waals surface area contributed by atoms with E-state index in [1.54, 1.807) is 42.5 Å². The van der Waals surface area contributed by atoms with Crippen molar-refractivity contribution < 1.29 is 19.0 Å². The van der Waals surface area contributed by atoms with Crippen molar-refractivity contribution in [3.8, 4) is 22.9 Å². The number of tetrazole rings is 1. The molecule has 1 aromatic heterocycles. The first-order valence-electron chi connectivity index (χ1n) is 8.51. The van der Waals surface area contributed by atoms with Crippen LogP contribution < -0.4 is 14.2 Å². The molecular formula is C19H15ClN4O4. The molecule has 0 bridgehead atoms. The summed E-state index contributed by atoms with van der Waals surface area (Å²) >= 11 is 6.26. The number of esters is 1. The van der Waals surface area contributed by atoms with E-state index >= 15 is 0 Å². The molecule has 2 heterocycles. The van der Waals surface area contributed by atoms with E-state index in [4.69, 9.17) is 25.8 Å². The number of halogens is 1. The Morgan fingerprint density at radius 1 is 1.21 bits per heavy atom. The van der Waals surface area contributed by atoms with Gasteiger partial charge in [-0.25, -0.2) is 9.48 Å². The van der Waals surface area contributed by atoms with Crippen LogP contribution in [0.25, 0.3) is 11.8 Å². The van der Waals surface area contributed by atoms with Gasteiger partial charge in [-0.05, 0) is 46.3 Å². The summed E-state index contributed by atoms with van der Waals surface area (Å²) in [4.78, 5) is 12.2. The van der Waals surface area contributed by atoms with Crippen LogP contribution in [0.2, 0.25) is 5.02 Å². The maximum absolute atomic E-state index is 12.2. The minimum atomic E-state index is -0.530. The van der Waals surface area contributed by atoms with Crippen LogP contribution in [0, 0.1) is 0 Å². The number of nitrogens with zero attached hydrogens (tertiary/aromatic N) is 4. The Bertz CT molecular complexity index is 1020. The number of aromatic nitrogens is 4. The second-order valence-corrected chi connectivity index (χ2v) is 6.29. The normalized spacial score (nSPS) is 13.3. The molecule has 2 aromatic carbocycles. The van der Waals surface area contributed by atoms with Gasteiger partial charge in [-0.1, -0.05) is 17.7 Å². The van der Waals surface area contributed by atoms with E-state index in [0.29, 0.717) is 46.7 Å². The predicted molar refractivity (Wildman–Crippen MR) is 101 cm³/mol. The first-order valence-corrected chi connectivity index (χ1v) is 8.89. The van der Waals surface area contributed by atoms with Crippen molar-refractivity contribution in [2.75, 3.05) is 13.2 Å². The summed E-state index contributed by atoms with van der Waals surface area (Å²) in [6.45, 7) is 1.11. The minimum absolute atomic E-state index is 0.374. The summed E-state index contributed by atoms with van der Waals surface area (Å²) in [6.07, 6.45) is 5.16. The van der Waals surface area contributed by atoms with Crippen molar-refractivity contribution in [1.29, 1.82) is 0 Å². The van der Waals surface area contributed by atoms with Crippen molar-refractivity contribution in [2.24, 2.45) is 0 Å². The van der Waals surface area contributed by atoms with Gasteiger partial charge in [-0.2, -0.15) is 0 Å². The van der Waals surface area contributed by atoms with Crippen LogP contribution >= 0.6 is 11.6 Å². The molecule has 1 aliphatic heterocycles. The molecule has 0 saturated heterocycles. The predicted octanol–water partition coefficient (Wildman–Crippen LogP) is 3.10. The van der Waals surface area contributed by atoms with Crippen molar-refractivity contribution in [3.05, 3.63) is 59.4 Å². The van der Waals surface area contributed by atoms with Crippen LogP contribution in [0.4, 0.5) is 0 Å². The molecule has 9 heteroatoms. The van der Waals surface area contributed by atoms with E-state index in [9.17, 15) is 4.79 Å². The highest BCUT2D eigenvalue weighted by Gasteiger charge is 2.15. The van der Waals surface area contributed by atoms with Crippen molar-refractivity contribution in [1.82, 2.24) is 20.2 Å². The summed E-state index contributed by atoms with van der Waals surface area (Å²) in [6, 6.07) is 10.3. The summed E-state index contributed by atoms with van der Waals surface area (Å²) in [5.74, 6) is 0.932. The van der Waals surface area contributed by atoms with Gasteiger partial charge in [0, 0.05) is 18.6 Å². The fraction of sp³-hybridized carbons (Fsp3) is 0.158. The molecule has 0 spiro atoms. The van der Waals surface area contributed by atoms with Gasteiger partial charge >= 0.3 is 5.97 Å². The molecule has 0 radical (unpaired) electrons. The number of hydrogen-bond acceptors (Lipinski definition) is 7. The Hall–Kier alpha value is -3.39. The smallest absolute Gasteiger partial charge is 0.336 e. The largest absolute Gasteiger partial charge is 0.489 e. The first kappa shape index (κ1) is 18.0. The van der Waals surface area contributed by atoms with Crippen LogP contribution in [0.3, 0.4) is 0 Å². The van der Waals surface area contributed by atoms with Crippen LogP contribution in [0.1, 0.15) is 12.0 Å². The fourth-order valence-electron chi connectivity index (χ4n) is 2.63. The lowest BCUT2D eigenvalue weighted by molar-refractivity contribution is -0.128. The average molecular weight is 399 g/mol. The monoisotopic (exact) mass is 398 g/mol. The molecule has 0 atom stereocenters. The van der Waals surface area contributed by atoms with Gasteiger partial charge in [0.15, 0.2) is 11.5 Å². The van der Waals surface area contributed by atoms with E-state index in [1.165, 1.54) is 17.1 Å². The zero-order chi connectivity index (χ0) is 19.3. The third-order valence-corrected chi connectivity index (χ3v) is 4.17. The fourth-order valence-corrected chi connectivity index (χ4v) is 2.90. The van der Waals surface area contributed by atoms with Crippen LogP contribution in [-0.4, -0.2) is 39.4 Å². The maximum atomic E-state index is 12.2. The number of rotatable bonds is 4. The number of hydrogen-bond donors (Lipinski definition) is 0. The van der Waals surface area contributed by atoms with E-state index in [1.807, 2.05) is 0 Å². The Labute approximate surface area is 165 Å². The van der Waals surface area contributed by atoms with Gasteiger partial charge in [-0.3, -0.25) is 0 Å². The van der Waals surface area contributed by atoms with E-state index < -0.39 is 5.97 Å². The zero-order valence-corrected chi connectivity index (χ0v) is 15.4. The molecule has 8 nitrogen and oxygen atoms in total. The number of carbonyl (C=O) groups excluding carboxylic acids is 1. The third kappa shape index (κ3) is 4.12. The molecule has 0 unspecified atom stereocenters. The zero-order valence-electron chi connectivity index (χ0n) is 14.6. The lowest BCUT2D eigenvalue weighted by Gasteiger charge is -2.10. The molecule has 142 valence electrons. The molecule has 0 saturated carbocycles. The van der Waals surface area contributed by atoms with E-state index in [-0.39, 0.29) is 0 Å². The van der Waals surface area contributed by atoms with E-state index in [2.05, 4.69) is 15.5 Å². The summed E-state index contributed by atoms with van der Waals surface area (Å²) in [5.41, 5.74) is 1.38. The number of carbonyl (C=O) groups is 1. The maximum Gasteiger partial charge on any atom is 0.336 e. The van der Waals surface area contributed by atoms with Gasteiger partial charge in [0.2, 0.25) is 0 Å². The number of ether oxygens (including phenoxy) is 3. The second-order valence-electron chi connectivity index (χ2n) is 5.89. The quantitative estimate of drug-likeness (QED) is 0.379. The summed E-state index contributed by atoms with van der Waals surface area (Å²) in [5, 5.41) is 11.4. The molecule has 0 fully saturated rings. The van der Waals surface area contributed by atoms with E-state index in [0.717, 1.165) is 6.42 Å². The van der Waals surface area contributed by atoms with Crippen molar-refractivity contribution >= 4 is 23.6 Å². The molecule has 0 N–H and O–H groups in total. The number of fused-ring (bicyclic) bond motifs is 1. The van der Waals surface area contributed by atoms with Gasteiger partial charge < -0.3 is 14.2 Å². The van der Waals surface area contributed by atoms with Gasteiger partial charge in [0.1, 0.15) is 12.1 Å². The molecule has 1 aliphatic rings. The lowest BCUT2D eigenvalue weighted by atomic mass is 10.2. The second kappa shape index (κ2) is 8.10. The molecule has 0 amide bonds. The highest BCUT2D eigenvalue weighted by molar-refractivity contribution is 6.32. The highest BCUT2D eigenvalue weighted by atomic mass is 35.5. The molecule has 28 heavy (non-hydrogen) atoms. The van der Waals surface area contributed by atoms with Crippen molar-refractivity contribution in [3.63, 3.8) is 0 Å². The van der Waals surface area contributed by atoms with Crippen molar-refractivity contribution in [2.45, 2.75) is 6.42 Å². The molecular weight excluding hydrogens is 384 g/mol. The lowest BCUT2D eigenvalue weighted by Crippen LogP contribution is -2.04. The average Bonchev–Trinajstić information content (AvgIpc) is 3.12. The number of benzene rings is 2. The topological polar surface area (TPSA) is 88.4 Å². The van der Waals surface area contributed by atoms with Crippen LogP contribution in [0.15, 0.2) is 48.8 Å². The summed E-state index contributed by atoms with van der Waals surface area (Å²) < 4.78 is 18.0. The standard InChI is InChI=1S/C19H15ClN4O4/c20-16-9-13(10-17-19(16)27-8-2-7-26-17)5-6-18(25)28-15-4-1-3-14(11-15)24-12-21-22-23-24/h1,3-6,9-12H,2,7-8H2/b6-5+. The van der Waals surface area contributed by atoms with Crippen LogP contribution in [-0.2, 0) is 4.79 Å².